The number of benzene rings is 1. The average Bonchev–Trinajstić information content (AvgIpc) is 2.08. The van der Waals surface area contributed by atoms with Crippen molar-refractivity contribution < 1.29 is 15.0 Å². The molecule has 0 aromatic heterocycles. The molecule has 0 aliphatic rings. The number of aromatic hydroxyl groups is 2. The highest BCUT2D eigenvalue weighted by Crippen LogP contribution is 2.29. The Hall–Kier alpha value is -1.71. The summed E-state index contributed by atoms with van der Waals surface area (Å²) in [5.41, 5.74) is 0.299. The fraction of sp³-hybridized carbons (Fsp3) is 0.222. The van der Waals surface area contributed by atoms with E-state index in [1.54, 1.807) is 0 Å². The Labute approximate surface area is 76.0 Å². The lowest BCUT2D eigenvalue weighted by Gasteiger charge is -2.16. The second-order valence-electron chi connectivity index (χ2n) is 2.75. The summed E-state index contributed by atoms with van der Waals surface area (Å²) in [4.78, 5) is 12.2. The molecule has 1 amide bonds. The van der Waals surface area contributed by atoms with Gasteiger partial charge in [-0.1, -0.05) is 0 Å². The summed E-state index contributed by atoms with van der Waals surface area (Å²) < 4.78 is 0. The molecule has 0 aliphatic carbocycles. The van der Waals surface area contributed by atoms with E-state index in [0.29, 0.717) is 5.69 Å². The molecule has 4 heteroatoms. The van der Waals surface area contributed by atoms with Crippen LogP contribution in [0.2, 0.25) is 0 Å². The summed E-state index contributed by atoms with van der Waals surface area (Å²) in [6, 6.07) is 4.02. The first-order chi connectivity index (χ1) is 6.02. The topological polar surface area (TPSA) is 60.8 Å². The predicted octanol–water partition coefficient (Wildman–Crippen LogP) is 1.08. The van der Waals surface area contributed by atoms with Crippen LogP contribution < -0.4 is 4.90 Å². The van der Waals surface area contributed by atoms with Crippen molar-refractivity contribution in [1.29, 1.82) is 0 Å². The van der Waals surface area contributed by atoms with Gasteiger partial charge in [0.25, 0.3) is 0 Å². The van der Waals surface area contributed by atoms with Gasteiger partial charge >= 0.3 is 0 Å². The number of phenolic OH excluding ortho intramolecular Hbond substituents is 2. The number of anilines is 1. The highest BCUT2D eigenvalue weighted by Gasteiger charge is 2.10. The first kappa shape index (κ1) is 9.38. The fourth-order valence-corrected chi connectivity index (χ4v) is 0.950. The van der Waals surface area contributed by atoms with Gasteiger partial charge in [0.15, 0.2) is 0 Å². The second kappa shape index (κ2) is 3.35. The van der Waals surface area contributed by atoms with Crippen LogP contribution in [-0.4, -0.2) is 23.2 Å². The predicted molar refractivity (Wildman–Crippen MR) is 48.9 cm³/mol. The minimum Gasteiger partial charge on any atom is -0.508 e. The van der Waals surface area contributed by atoms with E-state index in [9.17, 15) is 9.90 Å². The van der Waals surface area contributed by atoms with Gasteiger partial charge in [-0.2, -0.15) is 0 Å². The molecule has 0 spiro atoms. The van der Waals surface area contributed by atoms with Gasteiger partial charge in [-0.3, -0.25) is 4.79 Å². The number of phenols is 2. The smallest absolute Gasteiger partial charge is 0.223 e. The van der Waals surface area contributed by atoms with Gasteiger partial charge in [-0.05, 0) is 12.1 Å². The molecule has 0 bridgehead atoms. The van der Waals surface area contributed by atoms with E-state index < -0.39 is 0 Å². The van der Waals surface area contributed by atoms with Gasteiger partial charge in [0, 0.05) is 20.0 Å². The summed E-state index contributed by atoms with van der Waals surface area (Å²) in [5.74, 6) is -0.225. The third-order valence-electron chi connectivity index (χ3n) is 1.79. The maximum atomic E-state index is 10.9. The number of hydrogen-bond acceptors (Lipinski definition) is 3. The summed E-state index contributed by atoms with van der Waals surface area (Å²) in [6.07, 6.45) is 0. The summed E-state index contributed by atoms with van der Waals surface area (Å²) in [5, 5.41) is 18.5. The Bertz CT molecular complexity index is 336. The first-order valence-corrected chi connectivity index (χ1v) is 3.78. The lowest BCUT2D eigenvalue weighted by atomic mass is 10.2. The van der Waals surface area contributed by atoms with Gasteiger partial charge in [-0.25, -0.2) is 0 Å². The molecule has 1 rings (SSSR count). The maximum absolute atomic E-state index is 10.9. The van der Waals surface area contributed by atoms with Gasteiger partial charge < -0.3 is 15.1 Å². The molecule has 1 aromatic rings. The van der Waals surface area contributed by atoms with Crippen LogP contribution in [0, 0.1) is 0 Å². The maximum Gasteiger partial charge on any atom is 0.223 e. The SMILES string of the molecule is CC(=O)N(C)c1cc(O)ccc1O. The second-order valence-corrected chi connectivity index (χ2v) is 2.75. The molecule has 4 nitrogen and oxygen atoms in total. The lowest BCUT2D eigenvalue weighted by molar-refractivity contribution is -0.116. The van der Waals surface area contributed by atoms with E-state index in [2.05, 4.69) is 0 Å². The quantitative estimate of drug-likeness (QED) is 0.637. The van der Waals surface area contributed by atoms with Crippen molar-refractivity contribution in [2.45, 2.75) is 6.92 Å². The van der Waals surface area contributed by atoms with Crippen molar-refractivity contribution >= 4 is 11.6 Å². The Morgan fingerprint density at radius 1 is 1.38 bits per heavy atom. The van der Waals surface area contributed by atoms with Crippen LogP contribution in [0.25, 0.3) is 0 Å². The van der Waals surface area contributed by atoms with Crippen molar-refractivity contribution in [2.75, 3.05) is 11.9 Å². The normalized spacial score (nSPS) is 9.69. The average molecular weight is 181 g/mol. The molecule has 1 aromatic carbocycles. The molecular weight excluding hydrogens is 170 g/mol. The number of amides is 1. The van der Waals surface area contributed by atoms with Crippen molar-refractivity contribution in [3.63, 3.8) is 0 Å². The fourth-order valence-electron chi connectivity index (χ4n) is 0.950. The molecule has 0 saturated carbocycles. The van der Waals surface area contributed by atoms with Crippen LogP contribution >= 0.6 is 0 Å². The van der Waals surface area contributed by atoms with Crippen molar-refractivity contribution in [3.05, 3.63) is 18.2 Å². The molecule has 2 N–H and O–H groups in total. The summed E-state index contributed by atoms with van der Waals surface area (Å²) in [7, 11) is 1.52. The molecule has 13 heavy (non-hydrogen) atoms. The molecule has 0 saturated heterocycles. The van der Waals surface area contributed by atoms with Gasteiger partial charge in [0.05, 0.1) is 5.69 Å². The zero-order chi connectivity index (χ0) is 10.0. The van der Waals surface area contributed by atoms with E-state index in [-0.39, 0.29) is 17.4 Å². The Balaban J connectivity index is 3.12. The molecule has 70 valence electrons. The van der Waals surface area contributed by atoms with Crippen LogP contribution in [0.1, 0.15) is 6.92 Å². The van der Waals surface area contributed by atoms with Crippen LogP contribution in [0.5, 0.6) is 11.5 Å². The Morgan fingerprint density at radius 3 is 2.54 bits per heavy atom. The van der Waals surface area contributed by atoms with E-state index >= 15 is 0 Å². The van der Waals surface area contributed by atoms with E-state index in [0.717, 1.165) is 0 Å². The van der Waals surface area contributed by atoms with Crippen molar-refractivity contribution in [2.24, 2.45) is 0 Å². The minimum atomic E-state index is -0.207. The number of rotatable bonds is 1. The third-order valence-corrected chi connectivity index (χ3v) is 1.79. The van der Waals surface area contributed by atoms with Gasteiger partial charge in [0.1, 0.15) is 11.5 Å². The molecular formula is C9H11NO3. The van der Waals surface area contributed by atoms with Crippen LogP contribution in [0.4, 0.5) is 5.69 Å². The molecule has 0 heterocycles. The molecule has 0 unspecified atom stereocenters. The monoisotopic (exact) mass is 181 g/mol. The highest BCUT2D eigenvalue weighted by molar-refractivity contribution is 5.92. The molecule has 0 fully saturated rings. The number of carbonyl (C=O) groups is 1. The largest absolute Gasteiger partial charge is 0.508 e. The van der Waals surface area contributed by atoms with E-state index in [4.69, 9.17) is 5.11 Å². The standard InChI is InChI=1S/C9H11NO3/c1-6(11)10(2)8-5-7(12)3-4-9(8)13/h3-5,12-13H,1-2H3. The lowest BCUT2D eigenvalue weighted by Crippen LogP contribution is -2.22. The van der Waals surface area contributed by atoms with Crippen molar-refractivity contribution in [1.82, 2.24) is 0 Å². The number of nitrogens with zero attached hydrogens (tertiary/aromatic N) is 1. The van der Waals surface area contributed by atoms with Crippen molar-refractivity contribution in [3.8, 4) is 11.5 Å². The Kier molecular flexibility index (Phi) is 2.41. The summed E-state index contributed by atoms with van der Waals surface area (Å²) >= 11 is 0. The third kappa shape index (κ3) is 1.90. The van der Waals surface area contributed by atoms with Crippen LogP contribution in [0.3, 0.4) is 0 Å². The van der Waals surface area contributed by atoms with E-state index in [1.807, 2.05) is 0 Å². The van der Waals surface area contributed by atoms with Crippen LogP contribution in [0.15, 0.2) is 18.2 Å². The van der Waals surface area contributed by atoms with Gasteiger partial charge in [0.2, 0.25) is 5.91 Å². The number of hydrogen-bond donors (Lipinski definition) is 2. The summed E-state index contributed by atoms with van der Waals surface area (Å²) in [6.45, 7) is 1.38. The molecule has 0 atom stereocenters. The molecule has 0 aliphatic heterocycles. The highest BCUT2D eigenvalue weighted by atomic mass is 16.3. The zero-order valence-electron chi connectivity index (χ0n) is 7.48. The Morgan fingerprint density at radius 2 is 2.00 bits per heavy atom. The van der Waals surface area contributed by atoms with E-state index in [1.165, 1.54) is 37.1 Å². The van der Waals surface area contributed by atoms with Gasteiger partial charge in [-0.15, -0.1) is 0 Å². The first-order valence-electron chi connectivity index (χ1n) is 3.78. The minimum absolute atomic E-state index is 0.0147. The molecule has 0 radical (unpaired) electrons. The van der Waals surface area contributed by atoms with Crippen LogP contribution in [-0.2, 0) is 4.79 Å². The zero-order valence-corrected chi connectivity index (χ0v) is 7.48. The number of carbonyl (C=O) groups excluding carboxylic acids is 1.